The fraction of sp³-hybridized carbons (Fsp3) is 0.417. The third-order valence-electron chi connectivity index (χ3n) is 6.24. The highest BCUT2D eigenvalue weighted by Crippen LogP contribution is 2.29. The van der Waals surface area contributed by atoms with Crippen LogP contribution >= 0.6 is 11.8 Å². The second kappa shape index (κ2) is 10.0. The van der Waals surface area contributed by atoms with Gasteiger partial charge >= 0.3 is 0 Å². The first-order valence-corrected chi connectivity index (χ1v) is 12.3. The summed E-state index contributed by atoms with van der Waals surface area (Å²) in [4.78, 5) is 28.8. The van der Waals surface area contributed by atoms with Crippen molar-refractivity contribution in [3.05, 3.63) is 47.8 Å². The molecule has 2 N–H and O–H groups in total. The van der Waals surface area contributed by atoms with Crippen molar-refractivity contribution in [2.45, 2.75) is 36.7 Å². The molecule has 0 radical (unpaired) electrons. The minimum Gasteiger partial charge on any atom is -0.481 e. The van der Waals surface area contributed by atoms with Gasteiger partial charge in [-0.05, 0) is 62.2 Å². The molecule has 0 spiro atoms. The van der Waals surface area contributed by atoms with E-state index in [-0.39, 0.29) is 5.91 Å². The van der Waals surface area contributed by atoms with E-state index in [0.29, 0.717) is 23.5 Å². The van der Waals surface area contributed by atoms with Crippen molar-refractivity contribution in [3.63, 3.8) is 0 Å². The minimum atomic E-state index is 0.0205. The van der Waals surface area contributed by atoms with Crippen LogP contribution in [0.25, 0.3) is 11.0 Å². The molecule has 0 saturated carbocycles. The number of ether oxygens (including phenoxy) is 1. The van der Waals surface area contributed by atoms with Gasteiger partial charge in [0.05, 0.1) is 34.5 Å². The Kier molecular flexibility index (Phi) is 6.70. The fourth-order valence-corrected chi connectivity index (χ4v) is 5.12. The van der Waals surface area contributed by atoms with Crippen molar-refractivity contribution in [2.24, 2.45) is 0 Å². The zero-order valence-electron chi connectivity index (χ0n) is 18.7. The van der Waals surface area contributed by atoms with Gasteiger partial charge in [0.25, 0.3) is 0 Å². The third kappa shape index (κ3) is 5.26. The molecule has 5 heterocycles. The number of thioether (sulfide) groups is 1. The van der Waals surface area contributed by atoms with Gasteiger partial charge in [0.2, 0.25) is 11.8 Å². The van der Waals surface area contributed by atoms with Crippen LogP contribution in [0.15, 0.2) is 41.4 Å². The molecular formula is C24H28N6O2S. The molecule has 0 aliphatic carbocycles. The molecule has 2 aliphatic heterocycles. The smallest absolute Gasteiger partial charge is 0.235 e. The number of hydrogen-bond acceptors (Lipinski definition) is 8. The lowest BCUT2D eigenvalue weighted by Crippen LogP contribution is -2.43. The molecule has 1 amide bonds. The Bertz CT molecular complexity index is 1150. The Balaban J connectivity index is 1.11. The average Bonchev–Trinajstić information content (AvgIpc) is 2.86. The van der Waals surface area contributed by atoms with Crippen LogP contribution < -0.4 is 15.4 Å². The summed E-state index contributed by atoms with van der Waals surface area (Å²) in [6.07, 6.45) is 5.03. The molecule has 1 saturated heterocycles. The molecule has 3 aromatic heterocycles. The molecule has 172 valence electrons. The number of rotatable bonds is 7. The second-order valence-corrected chi connectivity index (χ2v) is 9.44. The van der Waals surface area contributed by atoms with Gasteiger partial charge in [0.1, 0.15) is 5.82 Å². The lowest BCUT2D eigenvalue weighted by Gasteiger charge is -2.32. The van der Waals surface area contributed by atoms with E-state index >= 15 is 0 Å². The van der Waals surface area contributed by atoms with E-state index < -0.39 is 0 Å². The highest BCUT2D eigenvalue weighted by molar-refractivity contribution is 8.00. The first kappa shape index (κ1) is 22.1. The van der Waals surface area contributed by atoms with Gasteiger partial charge in [-0.3, -0.25) is 9.78 Å². The summed E-state index contributed by atoms with van der Waals surface area (Å²) in [5.41, 5.74) is 4.01. The SMILES string of the molecule is COc1ccc2nccc(CCN3CCC(NCc4ccc5c(n4)NC(=O)CS5)CC3)c2n1. The Hall–Kier alpha value is -2.75. The molecule has 5 rings (SSSR count). The van der Waals surface area contributed by atoms with E-state index in [0.717, 1.165) is 67.1 Å². The summed E-state index contributed by atoms with van der Waals surface area (Å²) in [5.74, 6) is 1.80. The molecular weight excluding hydrogens is 436 g/mol. The first-order chi connectivity index (χ1) is 16.2. The highest BCUT2D eigenvalue weighted by atomic mass is 32.2. The lowest BCUT2D eigenvalue weighted by molar-refractivity contribution is -0.113. The predicted molar refractivity (Wildman–Crippen MR) is 130 cm³/mol. The summed E-state index contributed by atoms with van der Waals surface area (Å²) >= 11 is 1.54. The number of aromatic nitrogens is 3. The number of methoxy groups -OCH3 is 1. The van der Waals surface area contributed by atoms with Gasteiger partial charge in [-0.2, -0.15) is 0 Å². The quantitative estimate of drug-likeness (QED) is 0.552. The van der Waals surface area contributed by atoms with Crippen LogP contribution in [0.3, 0.4) is 0 Å². The number of fused-ring (bicyclic) bond motifs is 2. The number of amides is 1. The Morgan fingerprint density at radius 1 is 1.18 bits per heavy atom. The molecule has 1 fully saturated rings. The maximum Gasteiger partial charge on any atom is 0.235 e. The second-order valence-electron chi connectivity index (χ2n) is 8.42. The molecule has 33 heavy (non-hydrogen) atoms. The number of hydrogen-bond donors (Lipinski definition) is 2. The molecule has 0 atom stereocenters. The van der Waals surface area contributed by atoms with Gasteiger partial charge in [-0.25, -0.2) is 9.97 Å². The van der Waals surface area contributed by atoms with Crippen LogP contribution in [0.4, 0.5) is 5.82 Å². The normalized spacial score (nSPS) is 17.1. The number of likely N-dealkylation sites (tertiary alicyclic amines) is 1. The Morgan fingerprint density at radius 2 is 2.06 bits per heavy atom. The van der Waals surface area contributed by atoms with Crippen LogP contribution in [0.2, 0.25) is 0 Å². The molecule has 0 aromatic carbocycles. The standard InChI is InChI=1S/C24H28N6O2S/c1-32-22-5-3-19-23(29-22)16(6-10-25-19)7-11-30-12-8-17(9-13-30)26-14-18-2-4-20-24(27-18)28-21(31)15-33-20/h2-6,10,17,26H,7-9,11-15H2,1H3,(H,27,28,31). The summed E-state index contributed by atoms with van der Waals surface area (Å²) in [7, 11) is 1.64. The number of nitrogens with one attached hydrogen (secondary N) is 2. The molecule has 9 heteroatoms. The average molecular weight is 465 g/mol. The Labute approximate surface area is 197 Å². The number of anilines is 1. The molecule has 8 nitrogen and oxygen atoms in total. The van der Waals surface area contributed by atoms with Gasteiger partial charge in [-0.15, -0.1) is 11.8 Å². The summed E-state index contributed by atoms with van der Waals surface area (Å²) in [6.45, 7) is 3.87. The molecule has 0 unspecified atom stereocenters. The molecule has 2 aliphatic rings. The number of carbonyl (C=O) groups is 1. The van der Waals surface area contributed by atoms with Crippen molar-refractivity contribution in [1.82, 2.24) is 25.2 Å². The zero-order valence-corrected chi connectivity index (χ0v) is 19.5. The summed E-state index contributed by atoms with van der Waals surface area (Å²) in [6, 6.07) is 10.5. The fourth-order valence-electron chi connectivity index (χ4n) is 4.37. The summed E-state index contributed by atoms with van der Waals surface area (Å²) < 4.78 is 5.29. The topological polar surface area (TPSA) is 92.3 Å². The number of pyridine rings is 3. The van der Waals surface area contributed by atoms with Crippen molar-refractivity contribution < 1.29 is 9.53 Å². The highest BCUT2D eigenvalue weighted by Gasteiger charge is 2.20. The maximum absolute atomic E-state index is 11.6. The van der Waals surface area contributed by atoms with E-state index in [2.05, 4.69) is 42.6 Å². The lowest BCUT2D eigenvalue weighted by atomic mass is 10.0. The predicted octanol–water partition coefficient (Wildman–Crippen LogP) is 2.87. The minimum absolute atomic E-state index is 0.0205. The zero-order chi connectivity index (χ0) is 22.6. The molecule has 3 aromatic rings. The van der Waals surface area contributed by atoms with Crippen LogP contribution in [-0.2, 0) is 17.8 Å². The van der Waals surface area contributed by atoms with E-state index in [9.17, 15) is 4.79 Å². The van der Waals surface area contributed by atoms with Gasteiger partial charge in [-0.1, -0.05) is 0 Å². The van der Waals surface area contributed by atoms with Crippen molar-refractivity contribution in [3.8, 4) is 5.88 Å². The van der Waals surface area contributed by atoms with Gasteiger partial charge < -0.3 is 20.3 Å². The third-order valence-corrected chi connectivity index (χ3v) is 7.29. The largest absolute Gasteiger partial charge is 0.481 e. The molecule has 0 bridgehead atoms. The van der Waals surface area contributed by atoms with E-state index in [4.69, 9.17) is 4.74 Å². The van der Waals surface area contributed by atoms with E-state index in [1.165, 1.54) is 5.56 Å². The number of nitrogens with zero attached hydrogens (tertiary/aromatic N) is 4. The maximum atomic E-state index is 11.6. The Morgan fingerprint density at radius 3 is 2.91 bits per heavy atom. The van der Waals surface area contributed by atoms with Gasteiger partial charge in [0.15, 0.2) is 0 Å². The summed E-state index contributed by atoms with van der Waals surface area (Å²) in [5, 5.41) is 6.51. The van der Waals surface area contributed by atoms with Crippen molar-refractivity contribution >= 4 is 34.5 Å². The van der Waals surface area contributed by atoms with Crippen LogP contribution in [0, 0.1) is 0 Å². The monoisotopic (exact) mass is 464 g/mol. The van der Waals surface area contributed by atoms with E-state index in [1.807, 2.05) is 24.4 Å². The van der Waals surface area contributed by atoms with Crippen LogP contribution in [-0.4, -0.2) is 64.3 Å². The van der Waals surface area contributed by atoms with Crippen LogP contribution in [0.1, 0.15) is 24.1 Å². The van der Waals surface area contributed by atoms with Gasteiger partial charge in [0, 0.05) is 31.4 Å². The van der Waals surface area contributed by atoms with Crippen LogP contribution in [0.5, 0.6) is 5.88 Å². The number of carbonyl (C=O) groups excluding carboxylic acids is 1. The first-order valence-electron chi connectivity index (χ1n) is 11.3. The van der Waals surface area contributed by atoms with E-state index in [1.54, 1.807) is 18.9 Å². The van der Waals surface area contributed by atoms with Crippen molar-refractivity contribution in [2.75, 3.05) is 37.8 Å². The van der Waals surface area contributed by atoms with Crippen molar-refractivity contribution in [1.29, 1.82) is 0 Å². The number of piperidine rings is 1.